The molecule has 0 aliphatic carbocycles. The standard InChI is InChI=1S/C3H3N3/c1-2-4-6-5-3-1/h1H,2H2. The van der Waals surface area contributed by atoms with Gasteiger partial charge >= 0.3 is 0 Å². The molecule has 1 heterocycles. The Morgan fingerprint density at radius 3 is 2.83 bits per heavy atom. The third kappa shape index (κ3) is 0.503. The minimum Gasteiger partial charge on any atom is -0.163 e. The summed E-state index contributed by atoms with van der Waals surface area (Å²) in [6.07, 6.45) is 1.72. The van der Waals surface area contributed by atoms with Crippen LogP contribution in [0, 0.1) is 0 Å². The molecule has 0 unspecified atom stereocenters. The summed E-state index contributed by atoms with van der Waals surface area (Å²) in [4.78, 5) is 0. The Kier molecular flexibility index (Phi) is 0.800. The van der Waals surface area contributed by atoms with Gasteiger partial charge in [-0.1, -0.05) is 5.10 Å². The van der Waals surface area contributed by atoms with Crippen LogP contribution in [-0.2, 0) is 0 Å². The molecule has 3 nitrogen and oxygen atoms in total. The van der Waals surface area contributed by atoms with Crippen molar-refractivity contribution < 1.29 is 0 Å². The topological polar surface area (TPSA) is 37.1 Å². The van der Waals surface area contributed by atoms with E-state index in [1.54, 1.807) is 6.08 Å². The van der Waals surface area contributed by atoms with Gasteiger partial charge in [-0.15, -0.1) is 0 Å². The molecule has 0 aromatic heterocycles. The molecule has 0 aromatic rings. The highest BCUT2D eigenvalue weighted by atomic mass is 15.4. The second kappa shape index (κ2) is 1.48. The lowest BCUT2D eigenvalue weighted by atomic mass is 10.6. The van der Waals surface area contributed by atoms with Gasteiger partial charge in [-0.25, -0.2) is 0 Å². The Hall–Kier alpha value is -0.950. The minimum absolute atomic E-state index is 0.628. The van der Waals surface area contributed by atoms with E-state index in [1.165, 1.54) is 0 Å². The maximum atomic E-state index is 3.52. The molecule has 0 spiro atoms. The van der Waals surface area contributed by atoms with Crippen molar-refractivity contribution in [2.75, 3.05) is 6.54 Å². The summed E-state index contributed by atoms with van der Waals surface area (Å²) >= 11 is 0. The van der Waals surface area contributed by atoms with E-state index in [0.717, 1.165) is 0 Å². The molecule has 0 bridgehead atoms. The number of nitrogens with zero attached hydrogens (tertiary/aromatic N) is 3. The summed E-state index contributed by atoms with van der Waals surface area (Å²) in [5.41, 5.74) is 0. The van der Waals surface area contributed by atoms with Crippen LogP contribution in [0.25, 0.3) is 0 Å². The van der Waals surface area contributed by atoms with E-state index in [-0.39, 0.29) is 0 Å². The van der Waals surface area contributed by atoms with Crippen LogP contribution in [0.1, 0.15) is 0 Å². The average Bonchev–Trinajstić information content (AvgIpc) is 1.72. The summed E-state index contributed by atoms with van der Waals surface area (Å²) in [5, 5.41) is 10.1. The largest absolute Gasteiger partial charge is 0.163 e. The molecule has 3 heteroatoms. The van der Waals surface area contributed by atoms with Crippen molar-refractivity contribution in [1.82, 2.24) is 0 Å². The lowest BCUT2D eigenvalue weighted by molar-refractivity contribution is 0.959. The predicted octanol–water partition coefficient (Wildman–Crippen LogP) is 0.593. The van der Waals surface area contributed by atoms with Gasteiger partial charge in [-0.3, -0.25) is 0 Å². The van der Waals surface area contributed by atoms with Gasteiger partial charge in [0, 0.05) is 11.9 Å². The Morgan fingerprint density at radius 1 is 1.67 bits per heavy atom. The Labute approximate surface area is 35.1 Å². The molecule has 0 saturated carbocycles. The summed E-state index contributed by atoms with van der Waals surface area (Å²) < 4.78 is 0. The molecule has 1 aliphatic rings. The fourth-order valence-electron chi connectivity index (χ4n) is 0.216. The third-order valence-electron chi connectivity index (χ3n) is 0.430. The summed E-state index contributed by atoms with van der Waals surface area (Å²) in [6.45, 7) is 0.628. The molecule has 0 atom stereocenters. The summed E-state index contributed by atoms with van der Waals surface area (Å²) in [5.74, 6) is 2.52. The maximum absolute atomic E-state index is 3.52. The molecule has 1 rings (SSSR count). The zero-order valence-corrected chi connectivity index (χ0v) is 3.13. The van der Waals surface area contributed by atoms with Crippen LogP contribution in [0.5, 0.6) is 0 Å². The Balaban J connectivity index is 2.78. The average molecular weight is 81.1 g/mol. The third-order valence-corrected chi connectivity index (χ3v) is 0.430. The summed E-state index contributed by atoms with van der Waals surface area (Å²) in [6, 6.07) is 0. The van der Waals surface area contributed by atoms with Gasteiger partial charge in [0.15, 0.2) is 0 Å². The van der Waals surface area contributed by atoms with Crippen molar-refractivity contribution >= 4 is 5.87 Å². The lowest BCUT2D eigenvalue weighted by Crippen LogP contribution is -1.71. The van der Waals surface area contributed by atoms with Gasteiger partial charge in [0.2, 0.25) is 0 Å². The first-order valence-corrected chi connectivity index (χ1v) is 1.64. The number of hydrogen-bond donors (Lipinski definition) is 0. The van der Waals surface area contributed by atoms with Crippen LogP contribution in [0.15, 0.2) is 21.5 Å². The fourth-order valence-corrected chi connectivity index (χ4v) is 0.216. The molecule has 0 aromatic carbocycles. The second-order valence-electron chi connectivity index (χ2n) is 0.847. The highest BCUT2D eigenvalue weighted by molar-refractivity contribution is 5.51. The maximum Gasteiger partial charge on any atom is 0.0892 e. The van der Waals surface area contributed by atoms with Crippen LogP contribution < -0.4 is 0 Å². The van der Waals surface area contributed by atoms with E-state index < -0.39 is 0 Å². The SMILES string of the molecule is C1=CCN=NN=1. The smallest absolute Gasteiger partial charge is 0.0892 e. The molecule has 1 aliphatic heterocycles. The molecule has 0 saturated heterocycles. The Bertz CT molecular complexity index is 118. The predicted molar refractivity (Wildman–Crippen MR) is 21.7 cm³/mol. The zero-order valence-electron chi connectivity index (χ0n) is 3.13. The molecule has 0 radical (unpaired) electrons. The van der Waals surface area contributed by atoms with Gasteiger partial charge in [-0.2, -0.15) is 5.11 Å². The molecular formula is C3H3N3. The van der Waals surface area contributed by atoms with Crippen LogP contribution in [-0.4, -0.2) is 12.4 Å². The van der Waals surface area contributed by atoms with E-state index in [2.05, 4.69) is 21.3 Å². The highest BCUT2D eigenvalue weighted by Gasteiger charge is 1.71. The number of rotatable bonds is 0. The molecule has 30 valence electrons. The van der Waals surface area contributed by atoms with Gasteiger partial charge in [0.1, 0.15) is 0 Å². The molecule has 0 fully saturated rings. The first kappa shape index (κ1) is 3.25. The fraction of sp³-hybridized carbons (Fsp3) is 0.333. The van der Waals surface area contributed by atoms with E-state index in [9.17, 15) is 0 Å². The molecule has 0 N–H and O–H groups in total. The van der Waals surface area contributed by atoms with Crippen LogP contribution in [0.2, 0.25) is 0 Å². The van der Waals surface area contributed by atoms with Crippen molar-refractivity contribution in [1.29, 1.82) is 0 Å². The molecule has 6 heavy (non-hydrogen) atoms. The van der Waals surface area contributed by atoms with Gasteiger partial charge < -0.3 is 0 Å². The van der Waals surface area contributed by atoms with Crippen LogP contribution >= 0.6 is 0 Å². The normalized spacial score (nSPS) is 16.0. The molecule has 0 amide bonds. The summed E-state index contributed by atoms with van der Waals surface area (Å²) in [7, 11) is 0. The zero-order chi connectivity index (χ0) is 4.24. The van der Waals surface area contributed by atoms with E-state index in [1.807, 2.05) is 0 Å². The lowest BCUT2D eigenvalue weighted by Gasteiger charge is -1.76. The van der Waals surface area contributed by atoms with Crippen LogP contribution in [0.3, 0.4) is 0 Å². The number of hydrogen-bond acceptors (Lipinski definition) is 3. The highest BCUT2D eigenvalue weighted by Crippen LogP contribution is 1.79. The monoisotopic (exact) mass is 81.0 g/mol. The van der Waals surface area contributed by atoms with Crippen molar-refractivity contribution in [3.05, 3.63) is 6.08 Å². The van der Waals surface area contributed by atoms with Crippen molar-refractivity contribution in [3.63, 3.8) is 0 Å². The van der Waals surface area contributed by atoms with Gasteiger partial charge in [0.05, 0.1) is 6.54 Å². The van der Waals surface area contributed by atoms with E-state index >= 15 is 0 Å². The van der Waals surface area contributed by atoms with E-state index in [4.69, 9.17) is 0 Å². The van der Waals surface area contributed by atoms with Crippen LogP contribution in [0.4, 0.5) is 0 Å². The Morgan fingerprint density at radius 2 is 2.67 bits per heavy atom. The second-order valence-corrected chi connectivity index (χ2v) is 0.847. The van der Waals surface area contributed by atoms with E-state index in [0.29, 0.717) is 6.54 Å². The minimum atomic E-state index is 0.628. The van der Waals surface area contributed by atoms with Crippen molar-refractivity contribution in [3.8, 4) is 0 Å². The van der Waals surface area contributed by atoms with Crippen molar-refractivity contribution in [2.45, 2.75) is 0 Å². The van der Waals surface area contributed by atoms with Gasteiger partial charge in [0.25, 0.3) is 0 Å². The van der Waals surface area contributed by atoms with Crippen molar-refractivity contribution in [2.24, 2.45) is 15.4 Å². The van der Waals surface area contributed by atoms with Gasteiger partial charge in [-0.05, 0) is 5.22 Å². The first-order valence-electron chi connectivity index (χ1n) is 1.64. The molecular weight excluding hydrogens is 78.1 g/mol. The first-order chi connectivity index (χ1) is 3.00. The quantitative estimate of drug-likeness (QED) is 0.409.